The number of likely N-dealkylation sites (N-methyl/N-ethyl adjacent to an activating group) is 1. The molecule has 2 N–H and O–H groups in total. The summed E-state index contributed by atoms with van der Waals surface area (Å²) < 4.78 is 6.90. The molecule has 2 aromatic rings. The van der Waals surface area contributed by atoms with Crippen molar-refractivity contribution in [2.75, 3.05) is 33.8 Å². The number of rotatable bonds is 6. The lowest BCUT2D eigenvalue weighted by Gasteiger charge is -2.27. The number of nitrogens with one attached hydrogen (secondary N) is 1. The van der Waals surface area contributed by atoms with Crippen LogP contribution < -0.4 is 5.32 Å². The van der Waals surface area contributed by atoms with Crippen molar-refractivity contribution in [3.8, 4) is 0 Å². The first-order valence-corrected chi connectivity index (χ1v) is 7.44. The monoisotopic (exact) mass is 340 g/mol. The highest BCUT2D eigenvalue weighted by atomic mass is 79.9. The second kappa shape index (κ2) is 6.26. The van der Waals surface area contributed by atoms with E-state index in [1.807, 2.05) is 45.3 Å². The van der Waals surface area contributed by atoms with E-state index >= 15 is 0 Å². The van der Waals surface area contributed by atoms with E-state index in [-0.39, 0.29) is 6.61 Å². The van der Waals surface area contributed by atoms with Crippen LogP contribution in [0, 0.1) is 0 Å². The third kappa shape index (κ3) is 3.41. The number of hydrogen-bond donors (Lipinski definition) is 2. The molecule has 0 fully saturated rings. The van der Waals surface area contributed by atoms with Gasteiger partial charge in [0.15, 0.2) is 0 Å². The largest absolute Gasteiger partial charge is 0.459 e. The molecule has 1 atom stereocenters. The normalized spacial score (nSPS) is 14.9. The molecule has 0 saturated carbocycles. The maximum Gasteiger partial charge on any atom is 0.134 e. The number of halogens is 1. The van der Waals surface area contributed by atoms with Crippen molar-refractivity contribution >= 4 is 26.9 Å². The maximum absolute atomic E-state index is 9.74. The smallest absolute Gasteiger partial charge is 0.134 e. The van der Waals surface area contributed by atoms with Gasteiger partial charge < -0.3 is 19.7 Å². The molecular weight excluding hydrogens is 320 g/mol. The first kappa shape index (κ1) is 15.5. The minimum absolute atomic E-state index is 0.0125. The van der Waals surface area contributed by atoms with E-state index in [9.17, 15) is 5.11 Å². The molecule has 0 aliphatic rings. The highest BCUT2D eigenvalue weighted by Gasteiger charge is 2.29. The fourth-order valence-electron chi connectivity index (χ4n) is 2.06. The zero-order valence-electron chi connectivity index (χ0n) is 12.1. The Morgan fingerprint density at radius 3 is 2.75 bits per heavy atom. The van der Waals surface area contributed by atoms with Gasteiger partial charge in [-0.1, -0.05) is 15.9 Å². The van der Waals surface area contributed by atoms with Gasteiger partial charge in [-0.25, -0.2) is 0 Å². The predicted octanol–water partition coefficient (Wildman–Crippen LogP) is 2.55. The summed E-state index contributed by atoms with van der Waals surface area (Å²) in [7, 11) is 4.05. The van der Waals surface area contributed by atoms with Crippen molar-refractivity contribution in [3.05, 3.63) is 34.5 Å². The standard InChI is InChI=1S/C15H21BrN2O2/c1-15(10-19,17-6-7-18(2)3)14-9-11-8-12(16)4-5-13(11)20-14/h4-5,8-9,17,19H,6-7,10H2,1-3H3. The van der Waals surface area contributed by atoms with Crippen LogP contribution in [-0.4, -0.2) is 43.8 Å². The zero-order chi connectivity index (χ0) is 14.8. The minimum atomic E-state index is -0.568. The number of aliphatic hydroxyl groups is 1. The van der Waals surface area contributed by atoms with Crippen LogP contribution in [0.1, 0.15) is 12.7 Å². The van der Waals surface area contributed by atoms with Crippen LogP contribution in [0.3, 0.4) is 0 Å². The van der Waals surface area contributed by atoms with Gasteiger partial charge in [-0.2, -0.15) is 0 Å². The summed E-state index contributed by atoms with van der Waals surface area (Å²) >= 11 is 3.45. The van der Waals surface area contributed by atoms with Gasteiger partial charge in [0.25, 0.3) is 0 Å². The van der Waals surface area contributed by atoms with E-state index in [0.717, 1.165) is 34.3 Å². The van der Waals surface area contributed by atoms with Crippen LogP contribution in [0.4, 0.5) is 0 Å². The average Bonchev–Trinajstić information content (AvgIpc) is 2.81. The topological polar surface area (TPSA) is 48.6 Å². The second-order valence-corrected chi connectivity index (χ2v) is 6.43. The Hall–Kier alpha value is -0.880. The molecule has 1 unspecified atom stereocenters. The first-order chi connectivity index (χ1) is 9.44. The summed E-state index contributed by atoms with van der Waals surface area (Å²) in [5.74, 6) is 0.756. The Kier molecular flexibility index (Phi) is 4.86. The Bertz CT molecular complexity index is 582. The number of aliphatic hydroxyl groups excluding tert-OH is 1. The van der Waals surface area contributed by atoms with Gasteiger partial charge in [0, 0.05) is 22.9 Å². The van der Waals surface area contributed by atoms with E-state index in [1.165, 1.54) is 0 Å². The van der Waals surface area contributed by atoms with E-state index in [0.29, 0.717) is 0 Å². The van der Waals surface area contributed by atoms with Crippen molar-refractivity contribution in [1.82, 2.24) is 10.2 Å². The Morgan fingerprint density at radius 2 is 2.10 bits per heavy atom. The lowest BCUT2D eigenvalue weighted by atomic mass is 10.00. The van der Waals surface area contributed by atoms with Gasteiger partial charge in [-0.3, -0.25) is 0 Å². The SMILES string of the molecule is CN(C)CCNC(C)(CO)c1cc2cc(Br)ccc2o1. The molecule has 1 aromatic heterocycles. The number of nitrogens with zero attached hydrogens (tertiary/aromatic N) is 1. The van der Waals surface area contributed by atoms with Crippen LogP contribution in [0.5, 0.6) is 0 Å². The third-order valence-corrected chi connectivity index (χ3v) is 3.91. The van der Waals surface area contributed by atoms with Gasteiger partial charge in [0.2, 0.25) is 0 Å². The molecule has 2 rings (SSSR count). The Labute approximate surface area is 127 Å². The number of furan rings is 1. The number of benzene rings is 1. The molecule has 20 heavy (non-hydrogen) atoms. The Balaban J connectivity index is 2.23. The summed E-state index contributed by atoms with van der Waals surface area (Å²) in [6.07, 6.45) is 0. The fourth-order valence-corrected chi connectivity index (χ4v) is 2.44. The van der Waals surface area contributed by atoms with Gasteiger partial charge >= 0.3 is 0 Å². The van der Waals surface area contributed by atoms with Crippen LogP contribution in [0.15, 0.2) is 33.2 Å². The lowest BCUT2D eigenvalue weighted by Crippen LogP contribution is -2.45. The van der Waals surface area contributed by atoms with Crippen molar-refractivity contribution in [1.29, 1.82) is 0 Å². The maximum atomic E-state index is 9.74. The Morgan fingerprint density at radius 1 is 1.35 bits per heavy atom. The quantitative estimate of drug-likeness (QED) is 0.848. The molecule has 0 aliphatic carbocycles. The molecule has 5 heteroatoms. The summed E-state index contributed by atoms with van der Waals surface area (Å²) in [5, 5.41) is 14.1. The van der Waals surface area contributed by atoms with Gasteiger partial charge in [-0.05, 0) is 45.3 Å². The highest BCUT2D eigenvalue weighted by Crippen LogP contribution is 2.29. The molecule has 0 bridgehead atoms. The first-order valence-electron chi connectivity index (χ1n) is 6.65. The van der Waals surface area contributed by atoms with Crippen LogP contribution >= 0.6 is 15.9 Å². The van der Waals surface area contributed by atoms with Crippen LogP contribution in [0.2, 0.25) is 0 Å². The van der Waals surface area contributed by atoms with Gasteiger partial charge in [0.05, 0.1) is 12.1 Å². The number of fused-ring (bicyclic) bond motifs is 1. The minimum Gasteiger partial charge on any atom is -0.459 e. The molecular formula is C15H21BrN2O2. The van der Waals surface area contributed by atoms with E-state index in [1.54, 1.807) is 0 Å². The fraction of sp³-hybridized carbons (Fsp3) is 0.467. The molecule has 0 saturated heterocycles. The zero-order valence-corrected chi connectivity index (χ0v) is 13.7. The molecule has 4 nitrogen and oxygen atoms in total. The van der Waals surface area contributed by atoms with E-state index < -0.39 is 5.54 Å². The van der Waals surface area contributed by atoms with Crippen LogP contribution in [0.25, 0.3) is 11.0 Å². The molecule has 0 aliphatic heterocycles. The molecule has 0 amide bonds. The van der Waals surface area contributed by atoms with E-state index in [2.05, 4.69) is 26.1 Å². The summed E-state index contributed by atoms with van der Waals surface area (Å²) in [6, 6.07) is 7.88. The van der Waals surface area contributed by atoms with Crippen LogP contribution in [-0.2, 0) is 5.54 Å². The van der Waals surface area contributed by atoms with Crippen molar-refractivity contribution in [2.45, 2.75) is 12.5 Å². The average molecular weight is 341 g/mol. The summed E-state index contributed by atoms with van der Waals surface area (Å²) in [4.78, 5) is 2.10. The van der Waals surface area contributed by atoms with Gasteiger partial charge in [-0.15, -0.1) is 0 Å². The third-order valence-electron chi connectivity index (χ3n) is 3.41. The lowest BCUT2D eigenvalue weighted by molar-refractivity contribution is 0.152. The molecule has 0 spiro atoms. The predicted molar refractivity (Wildman–Crippen MR) is 84.9 cm³/mol. The number of hydrogen-bond acceptors (Lipinski definition) is 4. The van der Waals surface area contributed by atoms with Crippen molar-refractivity contribution in [2.24, 2.45) is 0 Å². The molecule has 1 aromatic carbocycles. The van der Waals surface area contributed by atoms with Crippen molar-refractivity contribution < 1.29 is 9.52 Å². The second-order valence-electron chi connectivity index (χ2n) is 5.51. The van der Waals surface area contributed by atoms with Crippen molar-refractivity contribution in [3.63, 3.8) is 0 Å². The summed E-state index contributed by atoms with van der Waals surface area (Å²) in [6.45, 7) is 3.63. The molecule has 110 valence electrons. The molecule has 0 radical (unpaired) electrons. The summed E-state index contributed by atoms with van der Waals surface area (Å²) in [5.41, 5.74) is 0.263. The molecule has 1 heterocycles. The van der Waals surface area contributed by atoms with Gasteiger partial charge in [0.1, 0.15) is 11.3 Å². The highest BCUT2D eigenvalue weighted by molar-refractivity contribution is 9.10. The van der Waals surface area contributed by atoms with E-state index in [4.69, 9.17) is 4.42 Å².